The average Bonchev–Trinajstić information content (AvgIpc) is 2.63. The molecule has 140 valence electrons. The van der Waals surface area contributed by atoms with Crippen molar-refractivity contribution >= 4 is 39.2 Å². The van der Waals surface area contributed by atoms with Crippen LogP contribution < -0.4 is 5.73 Å². The topological polar surface area (TPSA) is 133 Å². The lowest BCUT2D eigenvalue weighted by molar-refractivity contribution is -0.434. The van der Waals surface area contributed by atoms with Crippen LogP contribution in [-0.4, -0.2) is 26.0 Å². The number of hydrogen-bond donors (Lipinski definition) is 2. The highest BCUT2D eigenvalue weighted by Gasteiger charge is 2.15. The molecular formula is C15H17N3O6S2. The molecule has 0 amide bonds. The maximum atomic E-state index is 12.3. The minimum atomic E-state index is -3.58. The van der Waals surface area contributed by atoms with E-state index >= 15 is 0 Å². The van der Waals surface area contributed by atoms with Crippen LogP contribution in [0.25, 0.3) is 0 Å². The largest absolute Gasteiger partial charge is 0.399 e. The third-order valence-corrected chi connectivity index (χ3v) is 5.31. The Kier molecular flexibility index (Phi) is 7.50. The first kappa shape index (κ1) is 20.3. The van der Waals surface area contributed by atoms with Gasteiger partial charge in [0.05, 0.1) is 28.6 Å². The standard InChI is InChI=1S/C15H17N3O6S2/c1-11-9-13(5-6-15(11)16)18-17-12-3-2-4-14(10-12)26(20,21)8-7-22-25-24-23-19/h2-6,9-10,19H,7-8,16H2,1H3/b18-17+. The van der Waals surface area contributed by atoms with Gasteiger partial charge in [-0.2, -0.15) is 10.2 Å². The van der Waals surface area contributed by atoms with Gasteiger partial charge >= 0.3 is 0 Å². The number of nitrogens with zero attached hydrogens (tertiary/aromatic N) is 2. The number of azo groups is 1. The number of rotatable bonds is 9. The zero-order valence-electron chi connectivity index (χ0n) is 13.7. The van der Waals surface area contributed by atoms with Gasteiger partial charge in [-0.05, 0) is 48.9 Å². The number of aryl methyl sites for hydroxylation is 1. The quantitative estimate of drug-likeness (QED) is 0.163. The number of benzene rings is 2. The van der Waals surface area contributed by atoms with Gasteiger partial charge in [-0.25, -0.2) is 13.7 Å². The van der Waals surface area contributed by atoms with E-state index in [4.69, 9.17) is 15.2 Å². The summed E-state index contributed by atoms with van der Waals surface area (Å²) < 4.78 is 33.3. The van der Waals surface area contributed by atoms with Crippen molar-refractivity contribution in [2.24, 2.45) is 10.2 Å². The Hall–Kier alpha value is -2.02. The number of nitrogens with two attached hydrogens (primary N) is 1. The first-order chi connectivity index (χ1) is 12.4. The van der Waals surface area contributed by atoms with Crippen molar-refractivity contribution in [2.75, 3.05) is 18.1 Å². The average molecular weight is 399 g/mol. The van der Waals surface area contributed by atoms with E-state index in [0.29, 0.717) is 29.4 Å². The summed E-state index contributed by atoms with van der Waals surface area (Å²) in [4.78, 5) is 0.0929. The molecule has 0 heterocycles. The molecule has 9 nitrogen and oxygen atoms in total. The van der Waals surface area contributed by atoms with Crippen LogP contribution in [0.1, 0.15) is 5.56 Å². The van der Waals surface area contributed by atoms with E-state index in [2.05, 4.69) is 19.6 Å². The van der Waals surface area contributed by atoms with Crippen molar-refractivity contribution in [1.82, 2.24) is 0 Å². The molecule has 0 aliphatic heterocycles. The fraction of sp³-hybridized carbons (Fsp3) is 0.200. The van der Waals surface area contributed by atoms with Crippen LogP contribution in [0.3, 0.4) is 0 Å². The lowest BCUT2D eigenvalue weighted by Crippen LogP contribution is -2.11. The van der Waals surface area contributed by atoms with Crippen molar-refractivity contribution in [3.63, 3.8) is 0 Å². The lowest BCUT2D eigenvalue weighted by atomic mass is 10.2. The van der Waals surface area contributed by atoms with Crippen LogP contribution in [0, 0.1) is 6.92 Å². The van der Waals surface area contributed by atoms with Crippen LogP contribution in [0.4, 0.5) is 17.1 Å². The first-order valence-corrected chi connectivity index (χ1v) is 9.61. The molecular weight excluding hydrogens is 382 g/mol. The molecule has 26 heavy (non-hydrogen) atoms. The molecule has 11 heteroatoms. The van der Waals surface area contributed by atoms with E-state index in [1.54, 1.807) is 30.3 Å². The van der Waals surface area contributed by atoms with E-state index in [9.17, 15) is 8.42 Å². The molecule has 0 aromatic heterocycles. The highest BCUT2D eigenvalue weighted by Crippen LogP contribution is 2.24. The van der Waals surface area contributed by atoms with E-state index in [1.165, 1.54) is 12.1 Å². The second-order valence-electron chi connectivity index (χ2n) is 5.09. The molecule has 0 radical (unpaired) electrons. The fourth-order valence-corrected chi connectivity index (χ4v) is 3.35. The third kappa shape index (κ3) is 6.05. The molecule has 0 saturated heterocycles. The van der Waals surface area contributed by atoms with Crippen molar-refractivity contribution in [3.8, 4) is 0 Å². The minimum Gasteiger partial charge on any atom is -0.399 e. The number of anilines is 1. The Bertz CT molecular complexity index is 873. The van der Waals surface area contributed by atoms with Gasteiger partial charge in [0, 0.05) is 5.69 Å². The monoisotopic (exact) mass is 399 g/mol. The van der Waals surface area contributed by atoms with Gasteiger partial charge in [-0.3, -0.25) is 4.18 Å². The zero-order chi connectivity index (χ0) is 19.0. The lowest BCUT2D eigenvalue weighted by Gasteiger charge is -2.05. The maximum Gasteiger partial charge on any atom is 0.197 e. The van der Waals surface area contributed by atoms with Gasteiger partial charge in [-0.15, -0.1) is 4.33 Å². The molecule has 0 atom stereocenters. The highest BCUT2D eigenvalue weighted by molar-refractivity contribution is 7.91. The van der Waals surface area contributed by atoms with Crippen molar-refractivity contribution in [2.45, 2.75) is 11.8 Å². The van der Waals surface area contributed by atoms with E-state index in [0.717, 1.165) is 5.56 Å². The highest BCUT2D eigenvalue weighted by atomic mass is 32.2. The van der Waals surface area contributed by atoms with Gasteiger partial charge in [-0.1, -0.05) is 11.1 Å². The second kappa shape index (κ2) is 9.62. The molecule has 0 saturated carbocycles. The molecule has 2 aromatic rings. The molecule has 0 spiro atoms. The summed E-state index contributed by atoms with van der Waals surface area (Å²) in [5.41, 5.74) is 8.30. The third-order valence-electron chi connectivity index (χ3n) is 3.25. The van der Waals surface area contributed by atoms with Gasteiger partial charge in [0.1, 0.15) is 0 Å². The zero-order valence-corrected chi connectivity index (χ0v) is 15.4. The smallest absolute Gasteiger partial charge is 0.197 e. The fourth-order valence-electron chi connectivity index (χ4n) is 1.90. The second-order valence-corrected chi connectivity index (χ2v) is 7.71. The summed E-state index contributed by atoms with van der Waals surface area (Å²) in [5, 5.41) is 19.4. The SMILES string of the molecule is Cc1cc(/N=N/c2cccc(S(=O)(=O)CCOSOOO)c2)ccc1N. The van der Waals surface area contributed by atoms with Gasteiger partial charge in [0.2, 0.25) is 0 Å². The predicted octanol–water partition coefficient (Wildman–Crippen LogP) is 3.77. The number of nitrogen functional groups attached to an aromatic ring is 1. The summed E-state index contributed by atoms with van der Waals surface area (Å²) in [5.74, 6) is -0.285. The maximum absolute atomic E-state index is 12.3. The van der Waals surface area contributed by atoms with Crippen LogP contribution in [-0.2, 0) is 23.4 Å². The summed E-state index contributed by atoms with van der Waals surface area (Å²) in [6.45, 7) is 1.70. The molecule has 3 N–H and O–H groups in total. The summed E-state index contributed by atoms with van der Waals surface area (Å²) in [6.07, 6.45) is 0. The summed E-state index contributed by atoms with van der Waals surface area (Å²) in [6, 6.07) is 11.3. The van der Waals surface area contributed by atoms with E-state index < -0.39 is 9.84 Å². The predicted molar refractivity (Wildman–Crippen MR) is 96.6 cm³/mol. The summed E-state index contributed by atoms with van der Waals surface area (Å²) in [7, 11) is -3.58. The van der Waals surface area contributed by atoms with Gasteiger partial charge in [0.15, 0.2) is 22.2 Å². The van der Waals surface area contributed by atoms with Crippen molar-refractivity contribution < 1.29 is 27.2 Å². The molecule has 0 aliphatic rings. The Morgan fingerprint density at radius 3 is 2.58 bits per heavy atom. The first-order valence-electron chi connectivity index (χ1n) is 7.29. The van der Waals surface area contributed by atoms with Crippen molar-refractivity contribution in [3.05, 3.63) is 48.0 Å². The van der Waals surface area contributed by atoms with Crippen LogP contribution in [0.5, 0.6) is 0 Å². The molecule has 0 fully saturated rings. The van der Waals surface area contributed by atoms with E-state index in [1.807, 2.05) is 6.92 Å². The van der Waals surface area contributed by atoms with Crippen LogP contribution in [0.2, 0.25) is 0 Å². The molecule has 0 bridgehead atoms. The van der Waals surface area contributed by atoms with Gasteiger partial charge < -0.3 is 5.73 Å². The number of hydrogen-bond acceptors (Lipinski definition) is 10. The van der Waals surface area contributed by atoms with Gasteiger partial charge in [0.25, 0.3) is 0 Å². The molecule has 0 unspecified atom stereocenters. The molecule has 0 aliphatic carbocycles. The van der Waals surface area contributed by atoms with Crippen LogP contribution in [0.15, 0.2) is 57.6 Å². The van der Waals surface area contributed by atoms with Crippen molar-refractivity contribution in [1.29, 1.82) is 0 Å². The molecule has 2 aromatic carbocycles. The number of sulfone groups is 1. The minimum absolute atomic E-state index is 0.0929. The Morgan fingerprint density at radius 1 is 1.15 bits per heavy atom. The Morgan fingerprint density at radius 2 is 1.88 bits per heavy atom. The Labute approximate surface area is 155 Å². The summed E-state index contributed by atoms with van der Waals surface area (Å²) >= 11 is 0.321. The normalized spacial score (nSPS) is 11.9. The van der Waals surface area contributed by atoms with Crippen LogP contribution >= 0.6 is 12.3 Å². The Balaban J connectivity index is 2.06. The van der Waals surface area contributed by atoms with E-state index in [-0.39, 0.29) is 17.3 Å². The molecule has 2 rings (SSSR count).